The molecule has 16 heavy (non-hydrogen) atoms. The first-order chi connectivity index (χ1) is 7.72. The van der Waals surface area contributed by atoms with Crippen LogP contribution >= 0.6 is 28.0 Å². The molecule has 0 saturated carbocycles. The Bertz CT molecular complexity index is 324. The van der Waals surface area contributed by atoms with Crippen molar-refractivity contribution in [3.05, 3.63) is 34.3 Å². The maximum absolute atomic E-state index is 11.0. The van der Waals surface area contributed by atoms with Crippen molar-refractivity contribution in [1.29, 1.82) is 0 Å². The van der Waals surface area contributed by atoms with Gasteiger partial charge in [0.05, 0.1) is 12.0 Å². The van der Waals surface area contributed by atoms with Crippen molar-refractivity contribution < 1.29 is 8.98 Å². The van der Waals surface area contributed by atoms with Gasteiger partial charge in [-0.05, 0) is 30.5 Å². The highest BCUT2D eigenvalue weighted by molar-refractivity contribution is 9.10. The molecule has 4 heteroatoms. The molecule has 1 aromatic rings. The molecule has 0 fully saturated rings. The number of hydrogen-bond acceptors (Lipinski definition) is 3. The molecule has 88 valence electrons. The standard InChI is InChI=1S/C12H15BrO2S/c1-2-3-12(14)15-16-9-8-10-4-6-11(13)7-5-10/h4-7H,2-3,8-9H2,1H3. The Morgan fingerprint density at radius 1 is 1.38 bits per heavy atom. The summed E-state index contributed by atoms with van der Waals surface area (Å²) in [6.45, 7) is 1.97. The third-order valence-corrected chi connectivity index (χ3v) is 3.20. The summed E-state index contributed by atoms with van der Waals surface area (Å²) >= 11 is 4.63. The van der Waals surface area contributed by atoms with Gasteiger partial charge in [0.25, 0.3) is 0 Å². The van der Waals surface area contributed by atoms with Crippen LogP contribution in [0.1, 0.15) is 25.3 Å². The van der Waals surface area contributed by atoms with Gasteiger partial charge in [-0.25, -0.2) is 0 Å². The topological polar surface area (TPSA) is 26.3 Å². The van der Waals surface area contributed by atoms with E-state index in [1.807, 2.05) is 19.1 Å². The van der Waals surface area contributed by atoms with Gasteiger partial charge >= 0.3 is 5.97 Å². The van der Waals surface area contributed by atoms with Crippen molar-refractivity contribution in [3.63, 3.8) is 0 Å². The molecule has 0 atom stereocenters. The summed E-state index contributed by atoms with van der Waals surface area (Å²) < 4.78 is 6.08. The highest BCUT2D eigenvalue weighted by Crippen LogP contribution is 2.13. The fourth-order valence-corrected chi connectivity index (χ4v) is 2.05. The summed E-state index contributed by atoms with van der Waals surface area (Å²) in [4.78, 5) is 11.0. The largest absolute Gasteiger partial charge is 0.391 e. The second-order valence-corrected chi connectivity index (χ2v) is 5.13. The number of carbonyl (C=O) groups excluding carboxylic acids is 1. The van der Waals surface area contributed by atoms with Crippen molar-refractivity contribution >= 4 is 33.9 Å². The highest BCUT2D eigenvalue weighted by atomic mass is 79.9. The van der Waals surface area contributed by atoms with E-state index in [1.165, 1.54) is 17.6 Å². The molecule has 1 aromatic carbocycles. The van der Waals surface area contributed by atoms with E-state index in [4.69, 9.17) is 4.18 Å². The molecule has 0 bridgehead atoms. The fraction of sp³-hybridized carbons (Fsp3) is 0.417. The van der Waals surface area contributed by atoms with Gasteiger partial charge in [-0.15, -0.1) is 0 Å². The molecular formula is C12H15BrO2S. The predicted molar refractivity (Wildman–Crippen MR) is 71.3 cm³/mol. The lowest BCUT2D eigenvalue weighted by molar-refractivity contribution is -0.133. The Kier molecular flexibility index (Phi) is 6.57. The monoisotopic (exact) mass is 302 g/mol. The lowest BCUT2D eigenvalue weighted by atomic mass is 10.2. The Hall–Kier alpha value is -0.480. The number of hydrogen-bond donors (Lipinski definition) is 0. The van der Waals surface area contributed by atoms with Crippen LogP contribution in [0.15, 0.2) is 28.7 Å². The summed E-state index contributed by atoms with van der Waals surface area (Å²) in [5, 5.41) is 0. The molecule has 0 amide bonds. The summed E-state index contributed by atoms with van der Waals surface area (Å²) in [6.07, 6.45) is 2.26. The summed E-state index contributed by atoms with van der Waals surface area (Å²) in [5.41, 5.74) is 1.25. The normalized spacial score (nSPS) is 10.1. The van der Waals surface area contributed by atoms with Gasteiger partial charge in [0.1, 0.15) is 0 Å². The number of aryl methyl sites for hydroxylation is 1. The van der Waals surface area contributed by atoms with Crippen LogP contribution in [-0.2, 0) is 15.4 Å². The second kappa shape index (κ2) is 7.74. The van der Waals surface area contributed by atoms with E-state index in [0.717, 1.165) is 23.1 Å². The van der Waals surface area contributed by atoms with Crippen molar-refractivity contribution in [2.24, 2.45) is 0 Å². The first-order valence-electron chi connectivity index (χ1n) is 5.29. The molecule has 0 aromatic heterocycles. The van der Waals surface area contributed by atoms with Crippen LogP contribution in [0, 0.1) is 0 Å². The first-order valence-corrected chi connectivity index (χ1v) is 6.99. The molecule has 0 saturated heterocycles. The third-order valence-electron chi connectivity index (χ3n) is 1.99. The Morgan fingerprint density at radius 2 is 2.06 bits per heavy atom. The van der Waals surface area contributed by atoms with E-state index in [1.54, 1.807) is 0 Å². The molecule has 0 aliphatic heterocycles. The fourth-order valence-electron chi connectivity index (χ4n) is 1.16. The molecular weight excluding hydrogens is 288 g/mol. The minimum absolute atomic E-state index is 0.122. The molecule has 0 heterocycles. The lowest BCUT2D eigenvalue weighted by Crippen LogP contribution is -1.99. The minimum atomic E-state index is -0.122. The number of carbonyl (C=O) groups is 1. The number of rotatable bonds is 6. The quantitative estimate of drug-likeness (QED) is 0.587. The molecule has 0 unspecified atom stereocenters. The van der Waals surface area contributed by atoms with Gasteiger partial charge in [0, 0.05) is 16.6 Å². The van der Waals surface area contributed by atoms with Gasteiger partial charge in [-0.2, -0.15) is 0 Å². The van der Waals surface area contributed by atoms with Crippen LogP contribution in [0.4, 0.5) is 0 Å². The summed E-state index contributed by atoms with van der Waals surface area (Å²) in [7, 11) is 0. The van der Waals surface area contributed by atoms with E-state index >= 15 is 0 Å². The molecule has 2 nitrogen and oxygen atoms in total. The van der Waals surface area contributed by atoms with Crippen molar-refractivity contribution in [2.45, 2.75) is 26.2 Å². The maximum Gasteiger partial charge on any atom is 0.317 e. The molecule has 0 aliphatic carbocycles. The predicted octanol–water partition coefficient (Wildman–Crippen LogP) is 3.98. The van der Waals surface area contributed by atoms with Crippen LogP contribution in [0.2, 0.25) is 0 Å². The SMILES string of the molecule is CCCC(=O)OSCCc1ccc(Br)cc1. The van der Waals surface area contributed by atoms with Crippen LogP contribution in [0.25, 0.3) is 0 Å². The van der Waals surface area contributed by atoms with Crippen LogP contribution in [-0.4, -0.2) is 11.7 Å². The second-order valence-electron chi connectivity index (χ2n) is 3.40. The average Bonchev–Trinajstić information content (AvgIpc) is 2.27. The Morgan fingerprint density at radius 3 is 2.69 bits per heavy atom. The Balaban J connectivity index is 2.16. The summed E-state index contributed by atoms with van der Waals surface area (Å²) in [6, 6.07) is 8.17. The molecule has 0 radical (unpaired) electrons. The maximum atomic E-state index is 11.0. The molecule has 0 spiro atoms. The van der Waals surface area contributed by atoms with E-state index in [0.29, 0.717) is 6.42 Å². The van der Waals surface area contributed by atoms with Crippen LogP contribution < -0.4 is 0 Å². The van der Waals surface area contributed by atoms with E-state index in [-0.39, 0.29) is 5.97 Å². The van der Waals surface area contributed by atoms with E-state index in [9.17, 15) is 4.79 Å². The lowest BCUT2D eigenvalue weighted by Gasteiger charge is -2.02. The third kappa shape index (κ3) is 5.56. The highest BCUT2D eigenvalue weighted by Gasteiger charge is 2.01. The van der Waals surface area contributed by atoms with Gasteiger partial charge in [0.2, 0.25) is 0 Å². The van der Waals surface area contributed by atoms with Crippen molar-refractivity contribution in [1.82, 2.24) is 0 Å². The zero-order chi connectivity index (χ0) is 11.8. The Labute approximate surface area is 109 Å². The zero-order valence-electron chi connectivity index (χ0n) is 9.24. The van der Waals surface area contributed by atoms with Gasteiger partial charge in [-0.1, -0.05) is 35.0 Å². The number of halogens is 1. The molecule has 0 N–H and O–H groups in total. The molecule has 0 aliphatic rings. The summed E-state index contributed by atoms with van der Waals surface area (Å²) in [5.74, 6) is 0.681. The zero-order valence-corrected chi connectivity index (χ0v) is 11.6. The molecule has 1 rings (SSSR count). The minimum Gasteiger partial charge on any atom is -0.391 e. The van der Waals surface area contributed by atoms with Gasteiger partial charge < -0.3 is 4.18 Å². The average molecular weight is 303 g/mol. The smallest absolute Gasteiger partial charge is 0.317 e. The van der Waals surface area contributed by atoms with E-state index < -0.39 is 0 Å². The van der Waals surface area contributed by atoms with Crippen LogP contribution in [0.3, 0.4) is 0 Å². The first kappa shape index (κ1) is 13.6. The number of benzene rings is 1. The van der Waals surface area contributed by atoms with Crippen molar-refractivity contribution in [2.75, 3.05) is 5.75 Å². The van der Waals surface area contributed by atoms with Crippen molar-refractivity contribution in [3.8, 4) is 0 Å². The van der Waals surface area contributed by atoms with Gasteiger partial charge in [-0.3, -0.25) is 4.79 Å². The van der Waals surface area contributed by atoms with Crippen LogP contribution in [0.5, 0.6) is 0 Å². The van der Waals surface area contributed by atoms with Gasteiger partial charge in [0.15, 0.2) is 0 Å². The van der Waals surface area contributed by atoms with E-state index in [2.05, 4.69) is 28.1 Å².